The van der Waals surface area contributed by atoms with Crippen LogP contribution in [0, 0.1) is 0 Å². The zero-order valence-corrected chi connectivity index (χ0v) is 11.6. The average Bonchev–Trinajstić information content (AvgIpc) is 2.48. The molecule has 102 valence electrons. The summed E-state index contributed by atoms with van der Waals surface area (Å²) in [4.78, 5) is 11.7. The van der Waals surface area contributed by atoms with Gasteiger partial charge in [0.05, 0.1) is 12.1 Å². The first-order valence-electron chi connectivity index (χ1n) is 7.19. The molecule has 1 aromatic rings. The first kappa shape index (κ1) is 13.8. The van der Waals surface area contributed by atoms with E-state index in [4.69, 9.17) is 5.10 Å². The summed E-state index contributed by atoms with van der Waals surface area (Å²) in [5.41, 5.74) is 1.98. The van der Waals surface area contributed by atoms with Crippen LogP contribution in [0.4, 0.5) is 0 Å². The Morgan fingerprint density at radius 1 is 1.16 bits per heavy atom. The van der Waals surface area contributed by atoms with Crippen molar-refractivity contribution in [2.24, 2.45) is 5.10 Å². The van der Waals surface area contributed by atoms with Crippen molar-refractivity contribution in [3.8, 4) is 0 Å². The number of hydrazone groups is 1. The lowest BCUT2D eigenvalue weighted by atomic mass is 10.0. The number of hydrogen-bond acceptors (Lipinski definition) is 3. The maximum atomic E-state index is 11.7. The normalized spacial score (nSPS) is 16.5. The molecule has 1 heterocycles. The fourth-order valence-corrected chi connectivity index (χ4v) is 2.29. The summed E-state index contributed by atoms with van der Waals surface area (Å²) in [6.45, 7) is 3.93. The summed E-state index contributed by atoms with van der Waals surface area (Å²) in [7, 11) is 0. The highest BCUT2D eigenvalue weighted by atomic mass is 16.1. The monoisotopic (exact) mass is 258 g/mol. The largest absolute Gasteiger partial charge is 0.299 e. The molecule has 0 amide bonds. The van der Waals surface area contributed by atoms with Crippen LogP contribution in [0.15, 0.2) is 35.4 Å². The molecule has 0 unspecified atom stereocenters. The van der Waals surface area contributed by atoms with E-state index in [2.05, 4.69) is 5.01 Å². The van der Waals surface area contributed by atoms with Crippen LogP contribution >= 0.6 is 0 Å². The smallest absolute Gasteiger partial charge is 0.138 e. The standard InChI is InChI=1S/C16H22N2O/c1-2-15(19)13-16(14-9-5-3-6-10-14)17-18-11-7-4-8-12-18/h3,5-6,9-10H,2,4,7-8,11-13H2,1H3. The van der Waals surface area contributed by atoms with Crippen LogP contribution in [-0.2, 0) is 4.79 Å². The molecular formula is C16H22N2O. The maximum absolute atomic E-state index is 11.7. The minimum absolute atomic E-state index is 0.250. The number of piperidine rings is 1. The molecule has 1 saturated heterocycles. The second kappa shape index (κ2) is 7.07. The zero-order valence-electron chi connectivity index (χ0n) is 11.6. The van der Waals surface area contributed by atoms with Crippen LogP contribution < -0.4 is 0 Å². The molecule has 1 aliphatic heterocycles. The topological polar surface area (TPSA) is 32.7 Å². The summed E-state index contributed by atoms with van der Waals surface area (Å²) in [5.74, 6) is 0.250. The number of carbonyl (C=O) groups excluding carboxylic acids is 1. The average molecular weight is 258 g/mol. The van der Waals surface area contributed by atoms with Gasteiger partial charge in [-0.15, -0.1) is 0 Å². The van der Waals surface area contributed by atoms with E-state index in [1.807, 2.05) is 37.3 Å². The molecule has 0 saturated carbocycles. The van der Waals surface area contributed by atoms with E-state index >= 15 is 0 Å². The van der Waals surface area contributed by atoms with E-state index in [9.17, 15) is 4.79 Å². The highest BCUT2D eigenvalue weighted by molar-refractivity contribution is 6.10. The van der Waals surface area contributed by atoms with Gasteiger partial charge in [0.15, 0.2) is 0 Å². The lowest BCUT2D eigenvalue weighted by Gasteiger charge is -2.25. The van der Waals surface area contributed by atoms with Gasteiger partial charge < -0.3 is 0 Å². The third-order valence-electron chi connectivity index (χ3n) is 3.46. The van der Waals surface area contributed by atoms with Crippen molar-refractivity contribution in [3.05, 3.63) is 35.9 Å². The molecule has 1 aromatic carbocycles. The van der Waals surface area contributed by atoms with Gasteiger partial charge in [-0.3, -0.25) is 9.80 Å². The minimum Gasteiger partial charge on any atom is -0.299 e. The van der Waals surface area contributed by atoms with Crippen LogP contribution in [0.5, 0.6) is 0 Å². The van der Waals surface area contributed by atoms with Gasteiger partial charge in [0.25, 0.3) is 0 Å². The number of nitrogens with zero attached hydrogens (tertiary/aromatic N) is 2. The van der Waals surface area contributed by atoms with Gasteiger partial charge in [-0.1, -0.05) is 37.3 Å². The number of carbonyl (C=O) groups is 1. The van der Waals surface area contributed by atoms with Gasteiger partial charge in [0, 0.05) is 19.5 Å². The van der Waals surface area contributed by atoms with Crippen LogP contribution in [0.3, 0.4) is 0 Å². The van der Waals surface area contributed by atoms with Crippen LogP contribution in [-0.4, -0.2) is 29.6 Å². The molecule has 19 heavy (non-hydrogen) atoms. The van der Waals surface area contributed by atoms with Crippen molar-refractivity contribution in [2.75, 3.05) is 13.1 Å². The Balaban J connectivity index is 2.18. The van der Waals surface area contributed by atoms with E-state index in [1.165, 1.54) is 19.3 Å². The van der Waals surface area contributed by atoms with Crippen LogP contribution in [0.1, 0.15) is 44.6 Å². The molecule has 3 heteroatoms. The van der Waals surface area contributed by atoms with E-state index < -0.39 is 0 Å². The van der Waals surface area contributed by atoms with Crippen molar-refractivity contribution in [1.82, 2.24) is 5.01 Å². The lowest BCUT2D eigenvalue weighted by molar-refractivity contribution is -0.117. The highest BCUT2D eigenvalue weighted by Crippen LogP contribution is 2.13. The second-order valence-electron chi connectivity index (χ2n) is 5.00. The van der Waals surface area contributed by atoms with Crippen LogP contribution in [0.2, 0.25) is 0 Å². The van der Waals surface area contributed by atoms with E-state index in [-0.39, 0.29) is 5.78 Å². The van der Waals surface area contributed by atoms with Gasteiger partial charge in [-0.05, 0) is 24.8 Å². The van der Waals surface area contributed by atoms with Crippen LogP contribution in [0.25, 0.3) is 0 Å². The predicted octanol–water partition coefficient (Wildman–Crippen LogP) is 3.25. The summed E-state index contributed by atoms with van der Waals surface area (Å²) in [6, 6.07) is 10.1. The van der Waals surface area contributed by atoms with Gasteiger partial charge in [-0.25, -0.2) is 0 Å². The van der Waals surface area contributed by atoms with Crippen molar-refractivity contribution in [3.63, 3.8) is 0 Å². The first-order valence-corrected chi connectivity index (χ1v) is 7.19. The molecule has 0 spiro atoms. The molecule has 0 radical (unpaired) electrons. The molecule has 1 aliphatic rings. The SMILES string of the molecule is CCC(=O)CC(=NN1CCCCC1)c1ccccc1. The van der Waals surface area contributed by atoms with Gasteiger partial charge in [-0.2, -0.15) is 5.10 Å². The van der Waals surface area contributed by atoms with Crippen molar-refractivity contribution >= 4 is 11.5 Å². The molecule has 3 nitrogen and oxygen atoms in total. The fraction of sp³-hybridized carbons (Fsp3) is 0.500. The van der Waals surface area contributed by atoms with Crippen molar-refractivity contribution < 1.29 is 4.79 Å². The molecule has 2 rings (SSSR count). The van der Waals surface area contributed by atoms with Gasteiger partial charge >= 0.3 is 0 Å². The Kier molecular flexibility index (Phi) is 5.13. The summed E-state index contributed by atoms with van der Waals surface area (Å²) >= 11 is 0. The summed E-state index contributed by atoms with van der Waals surface area (Å²) in [6.07, 6.45) is 4.71. The Hall–Kier alpha value is -1.64. The van der Waals surface area contributed by atoms with E-state index in [0.29, 0.717) is 12.8 Å². The van der Waals surface area contributed by atoms with E-state index in [1.54, 1.807) is 0 Å². The molecule has 0 bridgehead atoms. The summed E-state index contributed by atoms with van der Waals surface area (Å²) < 4.78 is 0. The zero-order chi connectivity index (χ0) is 13.5. The summed E-state index contributed by atoms with van der Waals surface area (Å²) in [5, 5.41) is 6.84. The van der Waals surface area contributed by atoms with Crippen molar-refractivity contribution in [1.29, 1.82) is 0 Å². The number of ketones is 1. The third kappa shape index (κ3) is 4.19. The van der Waals surface area contributed by atoms with E-state index in [0.717, 1.165) is 24.4 Å². The third-order valence-corrected chi connectivity index (χ3v) is 3.46. The van der Waals surface area contributed by atoms with Gasteiger partial charge in [0.1, 0.15) is 5.78 Å². The first-order chi connectivity index (χ1) is 9.29. The highest BCUT2D eigenvalue weighted by Gasteiger charge is 2.13. The molecule has 0 N–H and O–H groups in total. The fourth-order valence-electron chi connectivity index (χ4n) is 2.29. The number of rotatable bonds is 5. The Morgan fingerprint density at radius 3 is 2.47 bits per heavy atom. The Bertz CT molecular complexity index is 433. The molecule has 0 aromatic heterocycles. The quantitative estimate of drug-likeness (QED) is 0.759. The lowest BCUT2D eigenvalue weighted by Crippen LogP contribution is -2.26. The minimum atomic E-state index is 0.250. The Labute approximate surface area is 115 Å². The number of Topliss-reactive ketones (excluding diaryl/α,β-unsaturated/α-hetero) is 1. The molecule has 1 fully saturated rings. The Morgan fingerprint density at radius 2 is 1.84 bits per heavy atom. The van der Waals surface area contributed by atoms with Crippen molar-refractivity contribution in [2.45, 2.75) is 39.0 Å². The number of hydrogen-bond donors (Lipinski definition) is 0. The molecule has 0 aliphatic carbocycles. The predicted molar refractivity (Wildman–Crippen MR) is 78.3 cm³/mol. The second-order valence-corrected chi connectivity index (χ2v) is 5.00. The maximum Gasteiger partial charge on any atom is 0.138 e. The molecule has 0 atom stereocenters. The number of benzene rings is 1. The molecular weight excluding hydrogens is 236 g/mol. The van der Waals surface area contributed by atoms with Gasteiger partial charge in [0.2, 0.25) is 0 Å².